The Kier molecular flexibility index (Phi) is 7.59. The van der Waals surface area contributed by atoms with Gasteiger partial charge in [-0.3, -0.25) is 0 Å². The summed E-state index contributed by atoms with van der Waals surface area (Å²) >= 11 is 0. The van der Waals surface area contributed by atoms with Crippen molar-refractivity contribution in [3.05, 3.63) is 0 Å². The van der Waals surface area contributed by atoms with Crippen molar-refractivity contribution in [3.63, 3.8) is 0 Å². The minimum atomic E-state index is 1.14. The highest BCUT2D eigenvalue weighted by atomic mass is 14.0. The van der Waals surface area contributed by atoms with Crippen molar-refractivity contribution in [3.8, 4) is 11.8 Å². The van der Waals surface area contributed by atoms with Gasteiger partial charge in [-0.25, -0.2) is 0 Å². The third-order valence-corrected chi connectivity index (χ3v) is 2.98. The largest absolute Gasteiger partial charge is 0.103 e. The molecule has 0 amide bonds. The molecule has 1 aliphatic rings. The van der Waals surface area contributed by atoms with Crippen molar-refractivity contribution in [2.24, 2.45) is 0 Å². The van der Waals surface area contributed by atoms with E-state index in [2.05, 4.69) is 11.8 Å². The molecule has 0 saturated heterocycles. The van der Waals surface area contributed by atoms with Gasteiger partial charge < -0.3 is 0 Å². The first-order valence-corrected chi connectivity index (χ1v) is 6.46. The van der Waals surface area contributed by atoms with Gasteiger partial charge in [-0.15, -0.1) is 11.8 Å². The molecule has 80 valence electrons. The van der Waals surface area contributed by atoms with E-state index >= 15 is 0 Å². The van der Waals surface area contributed by atoms with E-state index in [0.29, 0.717) is 0 Å². The summed E-state index contributed by atoms with van der Waals surface area (Å²) in [5, 5.41) is 0. The number of hydrogen-bond donors (Lipinski definition) is 0. The van der Waals surface area contributed by atoms with E-state index in [9.17, 15) is 0 Å². The van der Waals surface area contributed by atoms with Crippen molar-refractivity contribution in [2.75, 3.05) is 0 Å². The Hall–Kier alpha value is -0.440. The van der Waals surface area contributed by atoms with Crippen LogP contribution in [0, 0.1) is 11.8 Å². The lowest BCUT2D eigenvalue weighted by Gasteiger charge is -2.02. The summed E-state index contributed by atoms with van der Waals surface area (Å²) in [6, 6.07) is 0. The predicted octanol–water partition coefficient (Wildman–Crippen LogP) is 4.68. The summed E-state index contributed by atoms with van der Waals surface area (Å²) in [4.78, 5) is 0. The van der Waals surface area contributed by atoms with Crippen molar-refractivity contribution >= 4 is 0 Å². The van der Waals surface area contributed by atoms with Crippen LogP contribution < -0.4 is 0 Å². The minimum absolute atomic E-state index is 1.14. The fourth-order valence-corrected chi connectivity index (χ4v) is 2.02. The average molecular weight is 192 g/mol. The average Bonchev–Trinajstić information content (AvgIpc) is 2.22. The molecule has 0 fully saturated rings. The van der Waals surface area contributed by atoms with E-state index in [-0.39, 0.29) is 0 Å². The Bertz CT molecular complexity index is 152. The highest BCUT2D eigenvalue weighted by molar-refractivity contribution is 4.98. The molecule has 0 nitrogen and oxygen atoms in total. The number of rotatable bonds is 0. The van der Waals surface area contributed by atoms with Crippen molar-refractivity contribution in [1.29, 1.82) is 0 Å². The smallest absolute Gasteiger partial charge is 0.00886 e. The maximum atomic E-state index is 3.29. The zero-order chi connectivity index (χ0) is 9.90. The van der Waals surface area contributed by atoms with E-state index in [1.54, 1.807) is 0 Å². The lowest BCUT2D eigenvalue weighted by Crippen LogP contribution is -1.83. The van der Waals surface area contributed by atoms with Gasteiger partial charge >= 0.3 is 0 Å². The van der Waals surface area contributed by atoms with Crippen LogP contribution >= 0.6 is 0 Å². The summed E-state index contributed by atoms with van der Waals surface area (Å²) in [5.74, 6) is 6.58. The Labute approximate surface area is 89.5 Å². The molecule has 0 N–H and O–H groups in total. The summed E-state index contributed by atoms with van der Waals surface area (Å²) in [7, 11) is 0. The van der Waals surface area contributed by atoms with Gasteiger partial charge in [0.25, 0.3) is 0 Å². The van der Waals surface area contributed by atoms with E-state index in [1.165, 1.54) is 64.2 Å². The Morgan fingerprint density at radius 2 is 0.643 bits per heavy atom. The van der Waals surface area contributed by atoms with Crippen LogP contribution in [0.5, 0.6) is 0 Å². The van der Waals surface area contributed by atoms with Crippen LogP contribution in [0.2, 0.25) is 0 Å². The first-order chi connectivity index (χ1) is 7.00. The molecule has 0 atom stereocenters. The summed E-state index contributed by atoms with van der Waals surface area (Å²) in [6.45, 7) is 0. The highest BCUT2D eigenvalue weighted by Crippen LogP contribution is 2.12. The molecular formula is C14H24. The summed E-state index contributed by atoms with van der Waals surface area (Å²) in [5.41, 5.74) is 0. The van der Waals surface area contributed by atoms with E-state index in [0.717, 1.165) is 12.8 Å². The van der Waals surface area contributed by atoms with Gasteiger partial charge in [0.2, 0.25) is 0 Å². The molecule has 0 aromatic rings. The molecule has 1 aliphatic carbocycles. The monoisotopic (exact) mass is 192 g/mol. The second-order valence-electron chi connectivity index (χ2n) is 4.39. The lowest BCUT2D eigenvalue weighted by molar-refractivity contribution is 0.553. The van der Waals surface area contributed by atoms with E-state index in [4.69, 9.17) is 0 Å². The summed E-state index contributed by atoms with van der Waals surface area (Å²) in [6.07, 6.45) is 16.4. The molecule has 0 radical (unpaired) electrons. The van der Waals surface area contributed by atoms with Crippen LogP contribution in [-0.4, -0.2) is 0 Å². The van der Waals surface area contributed by atoms with Crippen LogP contribution in [0.1, 0.15) is 77.0 Å². The van der Waals surface area contributed by atoms with Gasteiger partial charge in [-0.05, 0) is 12.8 Å². The van der Waals surface area contributed by atoms with Crippen LogP contribution in [0.25, 0.3) is 0 Å². The summed E-state index contributed by atoms with van der Waals surface area (Å²) < 4.78 is 0. The molecule has 1 rings (SSSR count). The maximum Gasteiger partial charge on any atom is 0.00886 e. The standard InChI is InChI=1S/C14H24/c1-2-4-6-8-10-12-14-13-11-9-7-5-3-1/h1-12H2. The van der Waals surface area contributed by atoms with E-state index in [1.807, 2.05) is 0 Å². The van der Waals surface area contributed by atoms with Crippen molar-refractivity contribution < 1.29 is 0 Å². The fraction of sp³-hybridized carbons (Fsp3) is 0.857. The first kappa shape index (κ1) is 11.6. The SMILES string of the molecule is C1#CCCCCCCCCCCCC1. The molecule has 0 bridgehead atoms. The second-order valence-corrected chi connectivity index (χ2v) is 4.39. The molecule has 0 spiro atoms. The van der Waals surface area contributed by atoms with Crippen molar-refractivity contribution in [2.45, 2.75) is 77.0 Å². The molecular weight excluding hydrogens is 168 g/mol. The Morgan fingerprint density at radius 1 is 0.357 bits per heavy atom. The van der Waals surface area contributed by atoms with Gasteiger partial charge in [0, 0.05) is 12.8 Å². The zero-order valence-electron chi connectivity index (χ0n) is 9.49. The van der Waals surface area contributed by atoms with Crippen LogP contribution in [-0.2, 0) is 0 Å². The molecule has 0 aromatic carbocycles. The van der Waals surface area contributed by atoms with Gasteiger partial charge in [-0.1, -0.05) is 51.4 Å². The molecule has 0 heteroatoms. The number of hydrogen-bond acceptors (Lipinski definition) is 0. The second kappa shape index (κ2) is 9.13. The zero-order valence-corrected chi connectivity index (χ0v) is 9.49. The minimum Gasteiger partial charge on any atom is -0.103 e. The molecule has 0 unspecified atom stereocenters. The molecule has 0 heterocycles. The molecule has 14 heavy (non-hydrogen) atoms. The Morgan fingerprint density at radius 3 is 1.00 bits per heavy atom. The Balaban J connectivity index is 2.12. The van der Waals surface area contributed by atoms with Gasteiger partial charge in [0.05, 0.1) is 0 Å². The molecule has 0 aliphatic heterocycles. The quantitative estimate of drug-likeness (QED) is 0.489. The molecule has 0 aromatic heterocycles. The lowest BCUT2D eigenvalue weighted by atomic mass is 10.0. The predicted molar refractivity (Wildman–Crippen MR) is 63.2 cm³/mol. The van der Waals surface area contributed by atoms with Gasteiger partial charge in [-0.2, -0.15) is 0 Å². The van der Waals surface area contributed by atoms with Gasteiger partial charge in [0.1, 0.15) is 0 Å². The third-order valence-electron chi connectivity index (χ3n) is 2.98. The van der Waals surface area contributed by atoms with Crippen LogP contribution in [0.4, 0.5) is 0 Å². The van der Waals surface area contributed by atoms with Crippen LogP contribution in [0.15, 0.2) is 0 Å². The topological polar surface area (TPSA) is 0 Å². The van der Waals surface area contributed by atoms with Crippen LogP contribution in [0.3, 0.4) is 0 Å². The van der Waals surface area contributed by atoms with Gasteiger partial charge in [0.15, 0.2) is 0 Å². The normalized spacial score (nSPS) is 21.7. The third kappa shape index (κ3) is 7.01. The maximum absolute atomic E-state index is 3.29. The van der Waals surface area contributed by atoms with Crippen molar-refractivity contribution in [1.82, 2.24) is 0 Å². The highest BCUT2D eigenvalue weighted by Gasteiger charge is 1.93. The fourth-order valence-electron chi connectivity index (χ4n) is 2.02. The first-order valence-electron chi connectivity index (χ1n) is 6.46. The van der Waals surface area contributed by atoms with E-state index < -0.39 is 0 Å². The molecule has 0 saturated carbocycles.